The largest absolute Gasteiger partial charge is 0.393 e. The van der Waals surface area contributed by atoms with Crippen molar-refractivity contribution >= 4 is 17.2 Å². The van der Waals surface area contributed by atoms with Crippen LogP contribution in [0.1, 0.15) is 15.9 Å². The number of carbonyl (C=O) groups excluding carboxylic acids is 1. The average molecular weight is 243 g/mol. The van der Waals surface area contributed by atoms with Gasteiger partial charge >= 0.3 is 0 Å². The molecule has 0 aliphatic heterocycles. The number of hydrogen-bond acceptors (Lipinski definition) is 5. The molecular weight excluding hydrogens is 234 g/mol. The second-order valence-electron chi connectivity index (χ2n) is 3.60. The Hall–Kier alpha value is -2.76. The van der Waals surface area contributed by atoms with E-state index in [0.29, 0.717) is 5.56 Å². The summed E-state index contributed by atoms with van der Waals surface area (Å²) < 4.78 is 0. The van der Waals surface area contributed by atoms with Crippen molar-refractivity contribution in [2.45, 2.75) is 0 Å². The van der Waals surface area contributed by atoms with Gasteiger partial charge in [0.1, 0.15) is 5.69 Å². The monoisotopic (exact) mass is 243 g/mol. The molecule has 0 saturated carbocycles. The number of nitro groups is 1. The van der Waals surface area contributed by atoms with Crippen LogP contribution < -0.4 is 5.73 Å². The van der Waals surface area contributed by atoms with Crippen LogP contribution in [0.2, 0.25) is 0 Å². The summed E-state index contributed by atoms with van der Waals surface area (Å²) in [5.74, 6) is -0.328. The van der Waals surface area contributed by atoms with E-state index in [9.17, 15) is 14.9 Å². The number of pyridine rings is 1. The quantitative estimate of drug-likeness (QED) is 0.383. The van der Waals surface area contributed by atoms with Crippen LogP contribution in [0.15, 0.2) is 42.7 Å². The number of hydrogen-bond donors (Lipinski definition) is 1. The molecule has 0 aliphatic rings. The summed E-state index contributed by atoms with van der Waals surface area (Å²) in [6.45, 7) is 0. The normalized spacial score (nSPS) is 10.0. The Labute approximate surface area is 102 Å². The van der Waals surface area contributed by atoms with Gasteiger partial charge in [-0.15, -0.1) is 0 Å². The Balaban J connectivity index is 2.44. The summed E-state index contributed by atoms with van der Waals surface area (Å²) in [6, 6.07) is 7.19. The molecule has 0 fully saturated rings. The second kappa shape index (κ2) is 4.62. The summed E-state index contributed by atoms with van der Waals surface area (Å²) in [7, 11) is 0. The summed E-state index contributed by atoms with van der Waals surface area (Å²) in [6.07, 6.45) is 2.95. The van der Waals surface area contributed by atoms with Crippen LogP contribution in [-0.4, -0.2) is 15.7 Å². The van der Waals surface area contributed by atoms with E-state index in [-0.39, 0.29) is 22.7 Å². The van der Waals surface area contributed by atoms with E-state index in [1.165, 1.54) is 24.4 Å². The van der Waals surface area contributed by atoms with Crippen LogP contribution >= 0.6 is 0 Å². The molecule has 0 radical (unpaired) electrons. The number of nitrogens with two attached hydrogens (primary N) is 1. The van der Waals surface area contributed by atoms with Crippen molar-refractivity contribution in [3.8, 4) is 0 Å². The van der Waals surface area contributed by atoms with Crippen molar-refractivity contribution in [2.24, 2.45) is 0 Å². The molecule has 0 unspecified atom stereocenters. The van der Waals surface area contributed by atoms with Gasteiger partial charge in [0.05, 0.1) is 4.92 Å². The molecular formula is C12H9N3O3. The molecule has 2 N–H and O–H groups in total. The minimum Gasteiger partial charge on any atom is -0.393 e. The third kappa shape index (κ3) is 2.17. The maximum atomic E-state index is 12.0. The third-order valence-electron chi connectivity index (χ3n) is 2.41. The van der Waals surface area contributed by atoms with Crippen LogP contribution in [0, 0.1) is 10.1 Å². The van der Waals surface area contributed by atoms with Crippen LogP contribution in [0.4, 0.5) is 11.4 Å². The molecule has 0 aliphatic carbocycles. The lowest BCUT2D eigenvalue weighted by molar-refractivity contribution is -0.383. The van der Waals surface area contributed by atoms with Crippen molar-refractivity contribution in [2.75, 3.05) is 5.73 Å². The summed E-state index contributed by atoms with van der Waals surface area (Å²) >= 11 is 0. The Morgan fingerprint density at radius 2 is 2.06 bits per heavy atom. The standard InChI is InChI=1S/C12H9N3O3/c13-10-4-3-8(6-11(10)15(17)18)12(16)9-2-1-5-14-7-9/h1-7H,13H2. The number of nitro benzene ring substituents is 1. The van der Waals surface area contributed by atoms with Gasteiger partial charge in [-0.25, -0.2) is 0 Å². The van der Waals surface area contributed by atoms with Gasteiger partial charge in [-0.05, 0) is 24.3 Å². The molecule has 0 spiro atoms. The number of benzene rings is 1. The third-order valence-corrected chi connectivity index (χ3v) is 2.41. The minimum atomic E-state index is -0.616. The van der Waals surface area contributed by atoms with Crippen molar-refractivity contribution in [1.29, 1.82) is 0 Å². The summed E-state index contributed by atoms with van der Waals surface area (Å²) in [5, 5.41) is 10.7. The maximum Gasteiger partial charge on any atom is 0.292 e. The fourth-order valence-electron chi connectivity index (χ4n) is 1.51. The predicted molar refractivity (Wildman–Crippen MR) is 65.2 cm³/mol. The highest BCUT2D eigenvalue weighted by atomic mass is 16.6. The summed E-state index contributed by atoms with van der Waals surface area (Å²) in [4.78, 5) is 26.0. The molecule has 0 bridgehead atoms. The molecule has 1 aromatic heterocycles. The van der Waals surface area contributed by atoms with E-state index in [0.717, 1.165) is 0 Å². The highest BCUT2D eigenvalue weighted by Gasteiger charge is 2.16. The number of anilines is 1. The zero-order valence-corrected chi connectivity index (χ0v) is 9.24. The lowest BCUT2D eigenvalue weighted by atomic mass is 10.0. The molecule has 18 heavy (non-hydrogen) atoms. The van der Waals surface area contributed by atoms with Crippen molar-refractivity contribution in [1.82, 2.24) is 4.98 Å². The van der Waals surface area contributed by atoms with E-state index >= 15 is 0 Å². The van der Waals surface area contributed by atoms with Gasteiger partial charge in [0.2, 0.25) is 0 Å². The number of nitrogen functional groups attached to an aromatic ring is 1. The van der Waals surface area contributed by atoms with Gasteiger partial charge in [0.25, 0.3) is 5.69 Å². The van der Waals surface area contributed by atoms with Crippen molar-refractivity contribution in [3.05, 3.63) is 64.0 Å². The molecule has 0 amide bonds. The van der Waals surface area contributed by atoms with Gasteiger partial charge in [-0.3, -0.25) is 19.9 Å². The molecule has 6 heteroatoms. The molecule has 1 aromatic carbocycles. The molecule has 2 rings (SSSR count). The smallest absolute Gasteiger partial charge is 0.292 e. The maximum absolute atomic E-state index is 12.0. The molecule has 0 saturated heterocycles. The lowest BCUT2D eigenvalue weighted by Gasteiger charge is -2.02. The van der Waals surface area contributed by atoms with Crippen molar-refractivity contribution in [3.63, 3.8) is 0 Å². The van der Waals surface area contributed by atoms with Crippen LogP contribution in [0.3, 0.4) is 0 Å². The number of aromatic nitrogens is 1. The van der Waals surface area contributed by atoms with Crippen molar-refractivity contribution < 1.29 is 9.72 Å². The fraction of sp³-hybridized carbons (Fsp3) is 0. The second-order valence-corrected chi connectivity index (χ2v) is 3.60. The Morgan fingerprint density at radius 1 is 1.28 bits per heavy atom. The SMILES string of the molecule is Nc1ccc(C(=O)c2cccnc2)cc1[N+](=O)[O-]. The van der Waals surface area contributed by atoms with E-state index < -0.39 is 4.92 Å². The van der Waals surface area contributed by atoms with E-state index in [2.05, 4.69) is 4.98 Å². The fourth-order valence-corrected chi connectivity index (χ4v) is 1.51. The van der Waals surface area contributed by atoms with Crippen LogP contribution in [0.5, 0.6) is 0 Å². The Kier molecular flexibility index (Phi) is 3.01. The van der Waals surface area contributed by atoms with Gasteiger partial charge < -0.3 is 5.73 Å². The highest BCUT2D eigenvalue weighted by molar-refractivity contribution is 6.09. The number of rotatable bonds is 3. The average Bonchev–Trinajstić information content (AvgIpc) is 2.39. The molecule has 2 aromatic rings. The van der Waals surface area contributed by atoms with Gasteiger partial charge in [-0.1, -0.05) is 0 Å². The van der Waals surface area contributed by atoms with E-state index in [1.807, 2.05) is 0 Å². The first-order chi connectivity index (χ1) is 8.59. The lowest BCUT2D eigenvalue weighted by Crippen LogP contribution is -2.04. The zero-order chi connectivity index (χ0) is 13.1. The first-order valence-corrected chi connectivity index (χ1v) is 5.08. The predicted octanol–water partition coefficient (Wildman–Crippen LogP) is 1.80. The number of ketones is 1. The first-order valence-electron chi connectivity index (χ1n) is 5.08. The minimum absolute atomic E-state index is 0.0303. The van der Waals surface area contributed by atoms with Gasteiger partial charge in [0, 0.05) is 29.6 Å². The van der Waals surface area contributed by atoms with Gasteiger partial charge in [-0.2, -0.15) is 0 Å². The first kappa shape index (κ1) is 11.7. The van der Waals surface area contributed by atoms with Crippen LogP contribution in [-0.2, 0) is 0 Å². The topological polar surface area (TPSA) is 99.1 Å². The van der Waals surface area contributed by atoms with E-state index in [1.54, 1.807) is 18.3 Å². The Morgan fingerprint density at radius 3 is 2.67 bits per heavy atom. The number of carbonyl (C=O) groups is 1. The number of nitrogens with zero attached hydrogens (tertiary/aromatic N) is 2. The van der Waals surface area contributed by atoms with Crippen LogP contribution in [0.25, 0.3) is 0 Å². The molecule has 6 nitrogen and oxygen atoms in total. The highest BCUT2D eigenvalue weighted by Crippen LogP contribution is 2.23. The molecule has 0 atom stereocenters. The zero-order valence-electron chi connectivity index (χ0n) is 9.24. The Bertz CT molecular complexity index is 611. The summed E-state index contributed by atoms with van der Waals surface area (Å²) in [5.41, 5.74) is 5.80. The molecule has 1 heterocycles. The van der Waals surface area contributed by atoms with Gasteiger partial charge in [0.15, 0.2) is 5.78 Å². The van der Waals surface area contributed by atoms with E-state index in [4.69, 9.17) is 5.73 Å². The molecule has 90 valence electrons.